The SMILES string of the molecule is c1csc(-c2c(-c3ccoc3)c[nH]c2-c2ccsc2)c1. The van der Waals surface area contributed by atoms with Crippen molar-refractivity contribution in [2.45, 2.75) is 0 Å². The number of rotatable bonds is 3. The maximum absolute atomic E-state index is 5.23. The summed E-state index contributed by atoms with van der Waals surface area (Å²) >= 11 is 3.47. The molecule has 0 radical (unpaired) electrons. The van der Waals surface area contributed by atoms with Crippen LogP contribution in [0.25, 0.3) is 32.8 Å². The summed E-state index contributed by atoms with van der Waals surface area (Å²) < 4.78 is 5.23. The Hall–Kier alpha value is -2.04. The first-order chi connectivity index (χ1) is 9.93. The van der Waals surface area contributed by atoms with Gasteiger partial charge in [-0.05, 0) is 29.0 Å². The van der Waals surface area contributed by atoms with Crippen LogP contribution in [0.2, 0.25) is 0 Å². The van der Waals surface area contributed by atoms with Crippen LogP contribution in [-0.4, -0.2) is 4.98 Å². The Morgan fingerprint density at radius 2 is 2.05 bits per heavy atom. The lowest BCUT2D eigenvalue weighted by Gasteiger charge is -2.03. The lowest BCUT2D eigenvalue weighted by molar-refractivity contribution is 0.568. The van der Waals surface area contributed by atoms with Crippen molar-refractivity contribution in [3.8, 4) is 32.8 Å². The Morgan fingerprint density at radius 3 is 2.75 bits per heavy atom. The second kappa shape index (κ2) is 4.81. The van der Waals surface area contributed by atoms with Gasteiger partial charge in [0.1, 0.15) is 0 Å². The van der Waals surface area contributed by atoms with E-state index in [-0.39, 0.29) is 0 Å². The van der Waals surface area contributed by atoms with E-state index in [0.717, 1.165) is 5.56 Å². The molecule has 0 aliphatic heterocycles. The Morgan fingerprint density at radius 1 is 1.05 bits per heavy atom. The van der Waals surface area contributed by atoms with Crippen LogP contribution in [0.4, 0.5) is 0 Å². The molecule has 2 nitrogen and oxygen atoms in total. The minimum Gasteiger partial charge on any atom is -0.472 e. The molecule has 0 aliphatic rings. The molecular weight excluding hydrogens is 286 g/mol. The summed E-state index contributed by atoms with van der Waals surface area (Å²) in [6, 6.07) is 8.39. The Labute approximate surface area is 124 Å². The van der Waals surface area contributed by atoms with Gasteiger partial charge in [0, 0.05) is 38.7 Å². The largest absolute Gasteiger partial charge is 0.472 e. The fraction of sp³-hybridized carbons (Fsp3) is 0. The van der Waals surface area contributed by atoms with Gasteiger partial charge in [-0.25, -0.2) is 0 Å². The van der Waals surface area contributed by atoms with E-state index >= 15 is 0 Å². The molecule has 20 heavy (non-hydrogen) atoms. The van der Waals surface area contributed by atoms with Crippen LogP contribution in [0.15, 0.2) is 63.5 Å². The molecule has 4 aromatic rings. The summed E-state index contributed by atoms with van der Waals surface area (Å²) in [5.41, 5.74) is 5.94. The minimum absolute atomic E-state index is 1.10. The number of H-pyrrole nitrogens is 1. The highest BCUT2D eigenvalue weighted by Crippen LogP contribution is 2.42. The number of nitrogens with one attached hydrogen (secondary N) is 1. The van der Waals surface area contributed by atoms with E-state index in [9.17, 15) is 0 Å². The molecular formula is C16H11NOS2. The summed E-state index contributed by atoms with van der Waals surface area (Å²) in [7, 11) is 0. The summed E-state index contributed by atoms with van der Waals surface area (Å²) in [6.07, 6.45) is 5.56. The topological polar surface area (TPSA) is 28.9 Å². The summed E-state index contributed by atoms with van der Waals surface area (Å²) in [6.45, 7) is 0. The average Bonchev–Trinajstić information content (AvgIpc) is 3.23. The predicted octanol–water partition coefficient (Wildman–Crippen LogP) is 5.73. The third-order valence-corrected chi connectivity index (χ3v) is 4.86. The van der Waals surface area contributed by atoms with Gasteiger partial charge in [0.05, 0.1) is 18.2 Å². The standard InChI is InChI=1S/C16H11NOS2/c1-2-14(20-6-1)15-13(11-3-5-18-9-11)8-17-16(15)12-4-7-19-10-12/h1-10,17H. The predicted molar refractivity (Wildman–Crippen MR) is 85.1 cm³/mol. The molecule has 0 amide bonds. The van der Waals surface area contributed by atoms with Gasteiger partial charge in [-0.1, -0.05) is 6.07 Å². The van der Waals surface area contributed by atoms with Crippen molar-refractivity contribution in [2.75, 3.05) is 0 Å². The lowest BCUT2D eigenvalue weighted by atomic mass is 10.0. The van der Waals surface area contributed by atoms with Crippen LogP contribution in [-0.2, 0) is 0 Å². The van der Waals surface area contributed by atoms with Crippen molar-refractivity contribution >= 4 is 22.7 Å². The average molecular weight is 297 g/mol. The second-order valence-corrected chi connectivity index (χ2v) is 6.18. The molecule has 0 unspecified atom stereocenters. The summed E-state index contributed by atoms with van der Waals surface area (Å²) in [4.78, 5) is 4.69. The summed E-state index contributed by atoms with van der Waals surface area (Å²) in [5.74, 6) is 0. The Kier molecular flexibility index (Phi) is 2.83. The first kappa shape index (κ1) is 11.8. The Bertz CT molecular complexity index is 741. The van der Waals surface area contributed by atoms with Crippen molar-refractivity contribution in [1.29, 1.82) is 0 Å². The van der Waals surface area contributed by atoms with Gasteiger partial charge in [-0.15, -0.1) is 11.3 Å². The minimum atomic E-state index is 1.10. The van der Waals surface area contributed by atoms with Gasteiger partial charge in [0.25, 0.3) is 0 Å². The maximum atomic E-state index is 5.23. The zero-order valence-corrected chi connectivity index (χ0v) is 12.1. The van der Waals surface area contributed by atoms with Crippen LogP contribution >= 0.6 is 22.7 Å². The number of aromatic nitrogens is 1. The third kappa shape index (κ3) is 1.85. The van der Waals surface area contributed by atoms with Crippen molar-refractivity contribution in [1.82, 2.24) is 4.98 Å². The molecule has 98 valence electrons. The molecule has 0 spiro atoms. The highest BCUT2D eigenvalue weighted by Gasteiger charge is 2.17. The van der Waals surface area contributed by atoms with Gasteiger partial charge in [-0.2, -0.15) is 11.3 Å². The molecule has 4 heterocycles. The molecule has 4 heteroatoms. The molecule has 0 fully saturated rings. The second-order valence-electron chi connectivity index (χ2n) is 4.45. The highest BCUT2D eigenvalue weighted by molar-refractivity contribution is 7.13. The first-order valence-electron chi connectivity index (χ1n) is 6.24. The quantitative estimate of drug-likeness (QED) is 0.514. The molecule has 1 N–H and O–H groups in total. The van der Waals surface area contributed by atoms with Gasteiger partial charge < -0.3 is 9.40 Å². The van der Waals surface area contributed by atoms with Gasteiger partial charge >= 0.3 is 0 Å². The molecule has 0 bridgehead atoms. The zero-order valence-electron chi connectivity index (χ0n) is 10.5. The van der Waals surface area contributed by atoms with E-state index in [1.807, 2.05) is 6.07 Å². The maximum Gasteiger partial charge on any atom is 0.0981 e. The van der Waals surface area contributed by atoms with Crippen molar-refractivity contribution in [2.24, 2.45) is 0 Å². The van der Waals surface area contributed by atoms with Crippen molar-refractivity contribution in [3.05, 3.63) is 59.1 Å². The molecule has 4 rings (SSSR count). The lowest BCUT2D eigenvalue weighted by Crippen LogP contribution is -1.79. The number of aromatic amines is 1. The van der Waals surface area contributed by atoms with E-state index < -0.39 is 0 Å². The molecule has 4 aromatic heterocycles. The van der Waals surface area contributed by atoms with Gasteiger partial charge in [0.2, 0.25) is 0 Å². The van der Waals surface area contributed by atoms with Crippen LogP contribution in [0, 0.1) is 0 Å². The molecule has 0 aliphatic carbocycles. The van der Waals surface area contributed by atoms with Crippen LogP contribution in [0.1, 0.15) is 0 Å². The molecule has 0 atom stereocenters. The normalized spacial score (nSPS) is 11.0. The highest BCUT2D eigenvalue weighted by atomic mass is 32.1. The Balaban J connectivity index is 1.98. The number of hydrogen-bond donors (Lipinski definition) is 1. The van der Waals surface area contributed by atoms with E-state index in [1.165, 1.54) is 27.3 Å². The van der Waals surface area contributed by atoms with Crippen molar-refractivity contribution < 1.29 is 4.42 Å². The smallest absolute Gasteiger partial charge is 0.0981 e. The van der Waals surface area contributed by atoms with Crippen LogP contribution in [0.3, 0.4) is 0 Å². The third-order valence-electron chi connectivity index (χ3n) is 3.29. The summed E-state index contributed by atoms with van der Waals surface area (Å²) in [5, 5.41) is 6.38. The molecule has 0 saturated carbocycles. The van der Waals surface area contributed by atoms with E-state index in [1.54, 1.807) is 35.2 Å². The fourth-order valence-electron chi connectivity index (χ4n) is 2.38. The molecule has 0 aromatic carbocycles. The van der Waals surface area contributed by atoms with Crippen LogP contribution in [0.5, 0.6) is 0 Å². The number of thiophene rings is 2. The van der Waals surface area contributed by atoms with Crippen molar-refractivity contribution in [3.63, 3.8) is 0 Å². The zero-order chi connectivity index (χ0) is 13.4. The fourth-order valence-corrected chi connectivity index (χ4v) is 3.82. The molecule has 0 saturated heterocycles. The van der Waals surface area contributed by atoms with E-state index in [2.05, 4.69) is 45.5 Å². The van der Waals surface area contributed by atoms with Crippen LogP contribution < -0.4 is 0 Å². The monoisotopic (exact) mass is 297 g/mol. The van der Waals surface area contributed by atoms with Gasteiger partial charge in [-0.3, -0.25) is 0 Å². The van der Waals surface area contributed by atoms with Gasteiger partial charge in [0.15, 0.2) is 0 Å². The van der Waals surface area contributed by atoms with E-state index in [4.69, 9.17) is 4.42 Å². The first-order valence-corrected chi connectivity index (χ1v) is 8.06. The van der Waals surface area contributed by atoms with E-state index in [0.29, 0.717) is 0 Å². The number of hydrogen-bond acceptors (Lipinski definition) is 3. The number of furan rings is 1.